The average Bonchev–Trinajstić information content (AvgIpc) is 2.77. The van der Waals surface area contributed by atoms with Gasteiger partial charge in [-0.2, -0.15) is 5.48 Å². The predicted molar refractivity (Wildman–Crippen MR) is 61.5 cm³/mol. The molecule has 0 spiro atoms. The van der Waals surface area contributed by atoms with Gasteiger partial charge in [-0.15, -0.1) is 0 Å². The van der Waals surface area contributed by atoms with Crippen LogP contribution < -0.4 is 10.9 Å². The first kappa shape index (κ1) is 11.2. The Morgan fingerprint density at radius 3 is 3.24 bits per heavy atom. The van der Waals surface area contributed by atoms with E-state index >= 15 is 0 Å². The lowest BCUT2D eigenvalue weighted by Crippen LogP contribution is -2.50. The standard InChI is InChI=1S/C12H13BFNO2/c13-9-1-2-11(14)10(5-9)12-7-16-4-3-8(12)6-17-15-12/h1-2,5,8,15H,3-4,6-7H2/t8?,12-/m0/s1. The van der Waals surface area contributed by atoms with E-state index in [1.807, 2.05) is 0 Å². The van der Waals surface area contributed by atoms with Crippen LogP contribution in [0.4, 0.5) is 4.39 Å². The number of benzene rings is 1. The normalized spacial score (nSPS) is 32.4. The van der Waals surface area contributed by atoms with Gasteiger partial charge in [-0.1, -0.05) is 17.6 Å². The molecule has 1 N–H and O–H groups in total. The molecular formula is C12H13BFNO2. The molecule has 0 aromatic heterocycles. The monoisotopic (exact) mass is 233 g/mol. The number of nitrogens with one attached hydrogen (secondary N) is 1. The lowest BCUT2D eigenvalue weighted by molar-refractivity contribution is -0.0225. The Bertz CT molecular complexity index is 443. The van der Waals surface area contributed by atoms with Gasteiger partial charge in [0.25, 0.3) is 0 Å². The molecule has 0 saturated carbocycles. The van der Waals surface area contributed by atoms with Crippen LogP contribution in [0, 0.1) is 11.7 Å². The third-order valence-corrected chi connectivity index (χ3v) is 3.65. The van der Waals surface area contributed by atoms with E-state index in [0.717, 1.165) is 6.42 Å². The second-order valence-corrected chi connectivity index (χ2v) is 4.66. The SMILES string of the molecule is [B]c1ccc(F)c([C@]23COCCC2CON3)c1. The second kappa shape index (κ2) is 4.08. The third kappa shape index (κ3) is 1.69. The fraction of sp³-hybridized carbons (Fsp3) is 0.500. The van der Waals surface area contributed by atoms with Gasteiger partial charge < -0.3 is 9.57 Å². The van der Waals surface area contributed by atoms with Crippen LogP contribution in [0.25, 0.3) is 0 Å². The lowest BCUT2D eigenvalue weighted by Gasteiger charge is -2.37. The molecule has 2 aliphatic rings. The molecule has 1 aromatic carbocycles. The fourth-order valence-corrected chi connectivity index (χ4v) is 2.67. The Hall–Kier alpha value is -0.905. The number of halogens is 1. The van der Waals surface area contributed by atoms with Crippen LogP contribution in [0.2, 0.25) is 0 Å². The molecule has 3 nitrogen and oxygen atoms in total. The van der Waals surface area contributed by atoms with Crippen molar-refractivity contribution in [2.45, 2.75) is 12.0 Å². The minimum atomic E-state index is -0.586. The predicted octanol–water partition coefficient (Wildman–Crippen LogP) is 0.386. The van der Waals surface area contributed by atoms with Crippen LogP contribution in [-0.4, -0.2) is 27.7 Å². The van der Waals surface area contributed by atoms with E-state index in [0.29, 0.717) is 30.8 Å². The van der Waals surface area contributed by atoms with Crippen molar-refractivity contribution in [3.8, 4) is 0 Å². The summed E-state index contributed by atoms with van der Waals surface area (Å²) in [5, 5.41) is 0. The Labute approximate surface area is 101 Å². The number of hydrogen-bond acceptors (Lipinski definition) is 3. The topological polar surface area (TPSA) is 30.5 Å². The van der Waals surface area contributed by atoms with Crippen molar-refractivity contribution in [2.75, 3.05) is 19.8 Å². The van der Waals surface area contributed by atoms with E-state index in [9.17, 15) is 4.39 Å². The van der Waals surface area contributed by atoms with E-state index in [2.05, 4.69) is 5.48 Å². The van der Waals surface area contributed by atoms with Gasteiger partial charge in [0.2, 0.25) is 0 Å². The van der Waals surface area contributed by atoms with Crippen molar-refractivity contribution in [3.63, 3.8) is 0 Å². The van der Waals surface area contributed by atoms with E-state index in [1.165, 1.54) is 6.07 Å². The van der Waals surface area contributed by atoms with Crippen LogP contribution in [0.5, 0.6) is 0 Å². The summed E-state index contributed by atoms with van der Waals surface area (Å²) in [7, 11) is 5.74. The van der Waals surface area contributed by atoms with Crippen LogP contribution in [0.15, 0.2) is 18.2 Å². The largest absolute Gasteiger partial charge is 0.379 e. The Kier molecular flexibility index (Phi) is 2.69. The maximum absolute atomic E-state index is 14.0. The van der Waals surface area contributed by atoms with Crippen LogP contribution in [0.1, 0.15) is 12.0 Å². The summed E-state index contributed by atoms with van der Waals surface area (Å²) in [6.45, 7) is 1.69. The summed E-state index contributed by atoms with van der Waals surface area (Å²) in [6.07, 6.45) is 0.862. The lowest BCUT2D eigenvalue weighted by atomic mass is 9.75. The molecule has 1 unspecified atom stereocenters. The first-order chi connectivity index (χ1) is 8.22. The molecule has 88 valence electrons. The molecule has 2 fully saturated rings. The molecule has 3 rings (SSSR count). The summed E-state index contributed by atoms with van der Waals surface area (Å²) >= 11 is 0. The minimum Gasteiger partial charge on any atom is -0.379 e. The van der Waals surface area contributed by atoms with Gasteiger partial charge >= 0.3 is 0 Å². The second-order valence-electron chi connectivity index (χ2n) is 4.66. The highest BCUT2D eigenvalue weighted by molar-refractivity contribution is 6.32. The smallest absolute Gasteiger partial charge is 0.128 e. The molecule has 1 aromatic rings. The third-order valence-electron chi connectivity index (χ3n) is 3.65. The van der Waals surface area contributed by atoms with Crippen molar-refractivity contribution in [2.24, 2.45) is 5.92 Å². The molecular weight excluding hydrogens is 220 g/mol. The molecule has 2 aliphatic heterocycles. The molecule has 17 heavy (non-hydrogen) atoms. The first-order valence-corrected chi connectivity index (χ1v) is 5.74. The summed E-state index contributed by atoms with van der Waals surface area (Å²) in [5.74, 6) is -0.0414. The highest BCUT2D eigenvalue weighted by atomic mass is 19.1. The molecule has 2 atom stereocenters. The highest BCUT2D eigenvalue weighted by Crippen LogP contribution is 2.40. The number of hydrogen-bond donors (Lipinski definition) is 1. The Morgan fingerprint density at radius 1 is 1.47 bits per heavy atom. The number of ether oxygens (including phenoxy) is 1. The van der Waals surface area contributed by atoms with Gasteiger partial charge in [0.05, 0.1) is 18.8 Å². The minimum absolute atomic E-state index is 0.229. The number of rotatable bonds is 1. The molecule has 0 amide bonds. The molecule has 0 bridgehead atoms. The average molecular weight is 233 g/mol. The zero-order chi connectivity index (χ0) is 11.9. The molecule has 5 heteroatoms. The Morgan fingerprint density at radius 2 is 2.35 bits per heavy atom. The summed E-state index contributed by atoms with van der Waals surface area (Å²) in [5.41, 5.74) is 3.44. The van der Waals surface area contributed by atoms with Gasteiger partial charge in [0, 0.05) is 18.1 Å². The van der Waals surface area contributed by atoms with Crippen molar-refractivity contribution in [1.29, 1.82) is 0 Å². The molecule has 2 heterocycles. The zero-order valence-electron chi connectivity index (χ0n) is 9.41. The molecule has 0 aliphatic carbocycles. The summed E-state index contributed by atoms with van der Waals surface area (Å²) < 4.78 is 19.5. The zero-order valence-corrected chi connectivity index (χ0v) is 9.41. The first-order valence-electron chi connectivity index (χ1n) is 5.74. The molecule has 2 saturated heterocycles. The fourth-order valence-electron chi connectivity index (χ4n) is 2.67. The van der Waals surface area contributed by atoms with Gasteiger partial charge in [-0.25, -0.2) is 4.39 Å². The molecule has 2 radical (unpaired) electrons. The van der Waals surface area contributed by atoms with Crippen molar-refractivity contribution in [3.05, 3.63) is 29.6 Å². The quantitative estimate of drug-likeness (QED) is 0.711. The van der Waals surface area contributed by atoms with Crippen LogP contribution >= 0.6 is 0 Å². The van der Waals surface area contributed by atoms with Crippen molar-refractivity contribution in [1.82, 2.24) is 5.48 Å². The maximum atomic E-state index is 14.0. The number of hydroxylamine groups is 1. The summed E-state index contributed by atoms with van der Waals surface area (Å²) in [4.78, 5) is 5.31. The van der Waals surface area contributed by atoms with E-state index < -0.39 is 5.54 Å². The van der Waals surface area contributed by atoms with E-state index in [1.54, 1.807) is 12.1 Å². The van der Waals surface area contributed by atoms with Crippen LogP contribution in [-0.2, 0) is 15.1 Å². The maximum Gasteiger partial charge on any atom is 0.128 e. The van der Waals surface area contributed by atoms with Gasteiger partial charge in [-0.05, 0) is 12.5 Å². The van der Waals surface area contributed by atoms with Gasteiger partial charge in [0.1, 0.15) is 13.7 Å². The van der Waals surface area contributed by atoms with Crippen molar-refractivity contribution >= 4 is 13.3 Å². The number of fused-ring (bicyclic) bond motifs is 1. The van der Waals surface area contributed by atoms with Crippen molar-refractivity contribution < 1.29 is 14.0 Å². The highest BCUT2D eigenvalue weighted by Gasteiger charge is 2.49. The van der Waals surface area contributed by atoms with E-state index in [4.69, 9.17) is 17.4 Å². The Balaban J connectivity index is 2.08. The van der Waals surface area contributed by atoms with E-state index in [-0.39, 0.29) is 11.7 Å². The van der Waals surface area contributed by atoms with Gasteiger partial charge in [-0.3, -0.25) is 0 Å². The summed E-state index contributed by atoms with van der Waals surface area (Å²) in [6, 6.07) is 4.62. The van der Waals surface area contributed by atoms with Gasteiger partial charge in [0.15, 0.2) is 0 Å². The van der Waals surface area contributed by atoms with Crippen LogP contribution in [0.3, 0.4) is 0 Å².